The van der Waals surface area contributed by atoms with Crippen LogP contribution in [0.1, 0.15) is 21.7 Å². The number of hydrogen-bond acceptors (Lipinski definition) is 6. The molecule has 166 valence electrons. The lowest BCUT2D eigenvalue weighted by Crippen LogP contribution is -2.50. The van der Waals surface area contributed by atoms with Gasteiger partial charge in [0.05, 0.1) is 12.8 Å². The first-order valence-corrected chi connectivity index (χ1v) is 9.55. The van der Waals surface area contributed by atoms with Crippen molar-refractivity contribution in [3.63, 3.8) is 0 Å². The number of piperazine rings is 1. The van der Waals surface area contributed by atoms with Crippen molar-refractivity contribution in [1.82, 2.24) is 9.80 Å². The molecule has 0 radical (unpaired) electrons. The topological polar surface area (TPSA) is 140 Å². The molecule has 10 heteroatoms. The molecule has 2 heterocycles. The number of carboxylic acids is 2. The van der Waals surface area contributed by atoms with Crippen LogP contribution >= 0.6 is 0 Å². The molecule has 0 atom stereocenters. The SMILES string of the molecule is Cc1cc(C)cc(NC(=O)CN2CCN(C(=O)c3ccco3)CC2)c1.O=C(O)C(=O)O. The zero-order chi connectivity index (χ0) is 23.0. The van der Waals surface area contributed by atoms with Crippen LogP contribution in [-0.2, 0) is 14.4 Å². The maximum atomic E-state index is 12.3. The van der Waals surface area contributed by atoms with Crippen molar-refractivity contribution in [3.8, 4) is 0 Å². The van der Waals surface area contributed by atoms with E-state index < -0.39 is 11.9 Å². The fourth-order valence-corrected chi connectivity index (χ4v) is 3.12. The van der Waals surface area contributed by atoms with E-state index in [2.05, 4.69) is 16.3 Å². The molecule has 1 fully saturated rings. The second-order valence-electron chi connectivity index (χ2n) is 7.08. The molecule has 0 aliphatic carbocycles. The van der Waals surface area contributed by atoms with Crippen molar-refractivity contribution < 1.29 is 33.8 Å². The number of carbonyl (C=O) groups is 4. The van der Waals surface area contributed by atoms with Gasteiger partial charge in [-0.1, -0.05) is 6.07 Å². The second kappa shape index (κ2) is 10.9. The van der Waals surface area contributed by atoms with Crippen LogP contribution in [0.5, 0.6) is 0 Å². The van der Waals surface area contributed by atoms with Crippen LogP contribution in [0, 0.1) is 13.8 Å². The third kappa shape index (κ3) is 7.59. The highest BCUT2D eigenvalue weighted by Gasteiger charge is 2.24. The van der Waals surface area contributed by atoms with Crippen LogP contribution in [0.4, 0.5) is 5.69 Å². The number of aryl methyl sites for hydroxylation is 2. The minimum absolute atomic E-state index is 0.0317. The molecule has 0 unspecified atom stereocenters. The van der Waals surface area contributed by atoms with Gasteiger partial charge in [-0.2, -0.15) is 0 Å². The molecule has 1 aromatic carbocycles. The lowest BCUT2D eigenvalue weighted by Gasteiger charge is -2.33. The van der Waals surface area contributed by atoms with Crippen molar-refractivity contribution in [2.45, 2.75) is 13.8 Å². The summed E-state index contributed by atoms with van der Waals surface area (Å²) in [6.45, 7) is 6.89. The number of hydrogen-bond donors (Lipinski definition) is 3. The molecule has 0 bridgehead atoms. The predicted octanol–water partition coefficient (Wildman–Crippen LogP) is 1.45. The van der Waals surface area contributed by atoms with Crippen LogP contribution < -0.4 is 5.32 Å². The Labute approximate surface area is 179 Å². The molecule has 1 aliphatic rings. The van der Waals surface area contributed by atoms with E-state index in [1.165, 1.54) is 6.26 Å². The Balaban J connectivity index is 0.000000501. The number of nitrogens with one attached hydrogen (secondary N) is 1. The Bertz CT molecular complexity index is 900. The largest absolute Gasteiger partial charge is 0.473 e. The van der Waals surface area contributed by atoms with Crippen LogP contribution in [0.3, 0.4) is 0 Å². The van der Waals surface area contributed by atoms with Gasteiger partial charge >= 0.3 is 11.9 Å². The molecule has 1 aromatic heterocycles. The Hall–Kier alpha value is -3.66. The van der Waals surface area contributed by atoms with Gasteiger partial charge in [-0.15, -0.1) is 0 Å². The zero-order valence-corrected chi connectivity index (χ0v) is 17.3. The summed E-state index contributed by atoms with van der Waals surface area (Å²) >= 11 is 0. The standard InChI is InChI=1S/C19H23N3O3.C2H2O4/c1-14-10-15(2)12-16(11-14)20-18(23)13-21-5-7-22(8-6-21)19(24)17-4-3-9-25-17;3-1(4)2(5)6/h3-4,9-12H,5-8,13H2,1-2H3,(H,20,23);(H,3,4)(H,5,6). The molecule has 1 aliphatic heterocycles. The van der Waals surface area contributed by atoms with Gasteiger partial charge in [-0.25, -0.2) is 9.59 Å². The van der Waals surface area contributed by atoms with E-state index in [4.69, 9.17) is 24.2 Å². The van der Waals surface area contributed by atoms with E-state index in [0.717, 1.165) is 16.8 Å². The first kappa shape index (κ1) is 23.6. The molecular formula is C21H25N3O7. The highest BCUT2D eigenvalue weighted by molar-refractivity contribution is 6.27. The minimum atomic E-state index is -1.82. The summed E-state index contributed by atoms with van der Waals surface area (Å²) in [5.74, 6) is -3.41. The van der Waals surface area contributed by atoms with Gasteiger partial charge in [0, 0.05) is 31.9 Å². The van der Waals surface area contributed by atoms with E-state index in [1.807, 2.05) is 26.0 Å². The van der Waals surface area contributed by atoms with E-state index in [1.54, 1.807) is 17.0 Å². The number of carboxylic acid groups (broad SMARTS) is 2. The van der Waals surface area contributed by atoms with Crippen molar-refractivity contribution in [2.24, 2.45) is 0 Å². The maximum absolute atomic E-state index is 12.3. The van der Waals surface area contributed by atoms with Gasteiger partial charge in [0.25, 0.3) is 5.91 Å². The third-order valence-electron chi connectivity index (χ3n) is 4.45. The molecule has 0 spiro atoms. The zero-order valence-electron chi connectivity index (χ0n) is 17.3. The van der Waals surface area contributed by atoms with Crippen LogP contribution in [-0.4, -0.2) is 76.5 Å². The smallest absolute Gasteiger partial charge is 0.414 e. The fourth-order valence-electron chi connectivity index (χ4n) is 3.12. The van der Waals surface area contributed by atoms with Crippen molar-refractivity contribution in [2.75, 3.05) is 38.0 Å². The normalized spacial score (nSPS) is 13.7. The van der Waals surface area contributed by atoms with Gasteiger partial charge in [-0.05, 0) is 49.2 Å². The first-order chi connectivity index (χ1) is 14.7. The number of furan rings is 1. The van der Waals surface area contributed by atoms with Gasteiger partial charge in [0.15, 0.2) is 5.76 Å². The highest BCUT2D eigenvalue weighted by atomic mass is 16.4. The van der Waals surface area contributed by atoms with Gasteiger partial charge in [0.1, 0.15) is 0 Å². The predicted molar refractivity (Wildman–Crippen MR) is 111 cm³/mol. The Kier molecular flexibility index (Phi) is 8.33. The Morgan fingerprint density at radius 3 is 2.03 bits per heavy atom. The van der Waals surface area contributed by atoms with Crippen molar-refractivity contribution >= 4 is 29.4 Å². The maximum Gasteiger partial charge on any atom is 0.414 e. The summed E-state index contributed by atoms with van der Waals surface area (Å²) in [4.78, 5) is 46.5. The monoisotopic (exact) mass is 431 g/mol. The molecule has 31 heavy (non-hydrogen) atoms. The molecule has 10 nitrogen and oxygen atoms in total. The van der Waals surface area contributed by atoms with Crippen molar-refractivity contribution in [3.05, 3.63) is 53.5 Å². The quantitative estimate of drug-likeness (QED) is 0.618. The third-order valence-corrected chi connectivity index (χ3v) is 4.45. The number of aliphatic carboxylic acids is 2. The van der Waals surface area contributed by atoms with Crippen LogP contribution in [0.2, 0.25) is 0 Å². The molecule has 0 saturated carbocycles. The Morgan fingerprint density at radius 2 is 1.55 bits per heavy atom. The molecule has 2 aromatic rings. The fraction of sp³-hybridized carbons (Fsp3) is 0.333. The second-order valence-corrected chi connectivity index (χ2v) is 7.08. The number of benzene rings is 1. The van der Waals surface area contributed by atoms with E-state index >= 15 is 0 Å². The lowest BCUT2D eigenvalue weighted by molar-refractivity contribution is -0.159. The average molecular weight is 431 g/mol. The summed E-state index contributed by atoms with van der Waals surface area (Å²) in [6, 6.07) is 9.38. The number of nitrogens with zero attached hydrogens (tertiary/aromatic N) is 2. The summed E-state index contributed by atoms with van der Waals surface area (Å²) in [5, 5.41) is 17.7. The molecular weight excluding hydrogens is 406 g/mol. The number of amides is 2. The molecule has 3 N–H and O–H groups in total. The van der Waals surface area contributed by atoms with Crippen LogP contribution in [0.15, 0.2) is 41.0 Å². The van der Waals surface area contributed by atoms with Gasteiger partial charge in [-0.3, -0.25) is 14.5 Å². The number of carbonyl (C=O) groups excluding carboxylic acids is 2. The van der Waals surface area contributed by atoms with Crippen LogP contribution in [0.25, 0.3) is 0 Å². The first-order valence-electron chi connectivity index (χ1n) is 9.55. The Morgan fingerprint density at radius 1 is 0.968 bits per heavy atom. The lowest BCUT2D eigenvalue weighted by atomic mass is 10.1. The number of anilines is 1. The summed E-state index contributed by atoms with van der Waals surface area (Å²) in [5.41, 5.74) is 3.08. The van der Waals surface area contributed by atoms with Crippen molar-refractivity contribution in [1.29, 1.82) is 0 Å². The van der Waals surface area contributed by atoms with E-state index in [9.17, 15) is 9.59 Å². The highest BCUT2D eigenvalue weighted by Crippen LogP contribution is 2.14. The average Bonchev–Trinajstić information content (AvgIpc) is 3.22. The molecule has 1 saturated heterocycles. The van der Waals surface area contributed by atoms with E-state index in [-0.39, 0.29) is 11.8 Å². The minimum Gasteiger partial charge on any atom is -0.473 e. The van der Waals surface area contributed by atoms with E-state index in [0.29, 0.717) is 38.5 Å². The van der Waals surface area contributed by atoms with Gasteiger partial charge < -0.3 is 24.8 Å². The number of rotatable bonds is 4. The molecule has 2 amide bonds. The van der Waals surface area contributed by atoms with Gasteiger partial charge in [0.2, 0.25) is 5.91 Å². The summed E-state index contributed by atoms with van der Waals surface area (Å²) < 4.78 is 5.16. The summed E-state index contributed by atoms with van der Waals surface area (Å²) in [7, 11) is 0. The summed E-state index contributed by atoms with van der Waals surface area (Å²) in [6.07, 6.45) is 1.50. The molecule has 3 rings (SSSR count).